The van der Waals surface area contributed by atoms with Crippen LogP contribution in [0.3, 0.4) is 0 Å². The lowest BCUT2D eigenvalue weighted by molar-refractivity contribution is -0.140. The Kier molecular flexibility index (Phi) is 14.7. The molecule has 4 N–H and O–H groups in total. The molecule has 0 aliphatic carbocycles. The van der Waals surface area contributed by atoms with E-state index in [1.807, 2.05) is 35.2 Å². The normalized spacial score (nSPS) is 19.0. The first-order valence-electron chi connectivity index (χ1n) is 12.1. The number of β-amino-alcohol motifs (C(OH)–C–C–N with tert-alkyl or cyclic N) is 1. The van der Waals surface area contributed by atoms with Gasteiger partial charge in [-0.3, -0.25) is 29.2 Å². The van der Waals surface area contributed by atoms with E-state index in [2.05, 4.69) is 0 Å². The first kappa shape index (κ1) is 31.2. The number of aliphatic hydroxyl groups is 1. The molecule has 1 saturated heterocycles. The zero-order valence-corrected chi connectivity index (χ0v) is 21.8. The van der Waals surface area contributed by atoms with E-state index in [1.54, 1.807) is 14.7 Å². The third kappa shape index (κ3) is 14.5. The van der Waals surface area contributed by atoms with Crippen LogP contribution in [-0.4, -0.2) is 143 Å². The summed E-state index contributed by atoms with van der Waals surface area (Å²) in [6.45, 7) is 3.53. The van der Waals surface area contributed by atoms with Gasteiger partial charge >= 0.3 is 20.2 Å². The maximum Gasteiger partial charge on any atom is 0.696 e. The van der Waals surface area contributed by atoms with Crippen LogP contribution in [0.1, 0.15) is 5.56 Å². The van der Waals surface area contributed by atoms with Crippen LogP contribution in [0.5, 0.6) is 0 Å². The Morgan fingerprint density at radius 3 is 1.81 bits per heavy atom. The van der Waals surface area contributed by atoms with Crippen LogP contribution in [-0.2, 0) is 30.0 Å². The second kappa shape index (κ2) is 17.4. The highest BCUT2D eigenvalue weighted by Gasteiger charge is 2.22. The minimum absolute atomic E-state index is 0.103. The largest absolute Gasteiger partial charge is 0.696 e. The first-order chi connectivity index (χ1) is 17.7. The lowest BCUT2D eigenvalue weighted by Gasteiger charge is -2.33. The quantitative estimate of drug-likeness (QED) is 0.237. The highest BCUT2D eigenvalue weighted by molar-refractivity contribution is 7.32. The smallest absolute Gasteiger partial charge is 0.480 e. The molecule has 1 aromatic rings. The van der Waals surface area contributed by atoms with Crippen molar-refractivity contribution in [2.75, 3.05) is 85.3 Å². The minimum Gasteiger partial charge on any atom is -0.480 e. The average molecular weight is 546 g/mol. The van der Waals surface area contributed by atoms with Gasteiger partial charge in [-0.05, 0) is 5.56 Å². The molecule has 0 spiro atoms. The number of carbonyl (C=O) groups is 2. The van der Waals surface area contributed by atoms with Crippen molar-refractivity contribution < 1.29 is 43.6 Å². The van der Waals surface area contributed by atoms with E-state index in [1.165, 1.54) is 0 Å². The maximum atomic E-state index is 11.4. The molecule has 1 aliphatic heterocycles. The standard InChI is InChI=1S/C23H37N4O9P/c28-21(18-35-17-20-4-2-1-3-5-20)14-24-6-7-25(15-22(29)30)8-9-26(16-23(31)32)11-13-27(12-10-24)19-36-37(33)34/h1-5,21,28H,6-19H2,(H2-,29,30,31,32,33,34)/p+1. The fourth-order valence-electron chi connectivity index (χ4n) is 3.96. The molecule has 0 radical (unpaired) electrons. The van der Waals surface area contributed by atoms with Crippen molar-refractivity contribution >= 4 is 20.2 Å². The molecule has 0 aromatic heterocycles. The molecular weight excluding hydrogens is 507 g/mol. The Morgan fingerprint density at radius 2 is 1.32 bits per heavy atom. The third-order valence-electron chi connectivity index (χ3n) is 5.89. The summed E-state index contributed by atoms with van der Waals surface area (Å²) >= 11 is 0. The van der Waals surface area contributed by atoms with Crippen molar-refractivity contribution in [2.24, 2.45) is 0 Å². The molecule has 208 valence electrons. The van der Waals surface area contributed by atoms with Crippen molar-refractivity contribution in [2.45, 2.75) is 12.7 Å². The number of hydrogen-bond acceptors (Lipinski definition) is 10. The molecule has 2 rings (SSSR count). The monoisotopic (exact) mass is 545 g/mol. The van der Waals surface area contributed by atoms with Gasteiger partial charge in [-0.1, -0.05) is 30.3 Å². The van der Waals surface area contributed by atoms with Crippen LogP contribution >= 0.6 is 8.25 Å². The Balaban J connectivity index is 2.02. The van der Waals surface area contributed by atoms with Crippen molar-refractivity contribution in [1.29, 1.82) is 0 Å². The molecule has 37 heavy (non-hydrogen) atoms. The van der Waals surface area contributed by atoms with Gasteiger partial charge in [0.2, 0.25) is 0 Å². The fraction of sp³-hybridized carbons (Fsp3) is 0.652. The summed E-state index contributed by atoms with van der Waals surface area (Å²) in [5.74, 6) is -1.97. The number of aliphatic hydroxyl groups excluding tert-OH is 1. The number of carboxylic acids is 2. The Morgan fingerprint density at radius 1 is 0.838 bits per heavy atom. The Hall–Kier alpha value is -2.06. The van der Waals surface area contributed by atoms with Crippen LogP contribution < -0.4 is 0 Å². The summed E-state index contributed by atoms with van der Waals surface area (Å²) in [6.07, 6.45) is -0.771. The predicted octanol–water partition coefficient (Wildman–Crippen LogP) is -0.421. The van der Waals surface area contributed by atoms with Crippen LogP contribution in [0.15, 0.2) is 30.3 Å². The van der Waals surface area contributed by atoms with E-state index in [0.717, 1.165) is 5.56 Å². The number of aliphatic carboxylic acids is 2. The van der Waals surface area contributed by atoms with E-state index in [4.69, 9.17) is 14.2 Å². The molecular formula is C23H38N4O9P+. The highest BCUT2D eigenvalue weighted by Crippen LogP contribution is 2.15. The van der Waals surface area contributed by atoms with Gasteiger partial charge in [-0.2, -0.15) is 0 Å². The van der Waals surface area contributed by atoms with E-state index in [9.17, 15) is 29.5 Å². The van der Waals surface area contributed by atoms with E-state index in [0.29, 0.717) is 65.5 Å². The van der Waals surface area contributed by atoms with Gasteiger partial charge in [0.15, 0.2) is 6.73 Å². The maximum absolute atomic E-state index is 11.4. The number of carboxylic acid groups (broad SMARTS) is 2. The molecule has 0 saturated carbocycles. The van der Waals surface area contributed by atoms with E-state index in [-0.39, 0.29) is 26.4 Å². The topological polar surface area (TPSA) is 164 Å². The second-order valence-corrected chi connectivity index (χ2v) is 9.64. The SMILES string of the molecule is O=C(O)CN1CCN(CO[P+](=O)O)CCN(CC(O)COCc2ccccc2)CCN(CC(=O)O)CC1. The van der Waals surface area contributed by atoms with Crippen LogP contribution in [0.25, 0.3) is 0 Å². The molecule has 1 fully saturated rings. The van der Waals surface area contributed by atoms with Crippen LogP contribution in [0.4, 0.5) is 0 Å². The zero-order valence-electron chi connectivity index (χ0n) is 20.9. The number of hydrogen-bond donors (Lipinski definition) is 4. The number of ether oxygens (including phenoxy) is 1. The van der Waals surface area contributed by atoms with Crippen molar-refractivity contribution in [1.82, 2.24) is 19.6 Å². The van der Waals surface area contributed by atoms with Crippen LogP contribution in [0.2, 0.25) is 0 Å². The number of rotatable bonds is 13. The summed E-state index contributed by atoms with van der Waals surface area (Å²) in [7, 11) is -2.78. The van der Waals surface area contributed by atoms with E-state index < -0.39 is 26.3 Å². The molecule has 14 heteroatoms. The van der Waals surface area contributed by atoms with E-state index >= 15 is 0 Å². The molecule has 1 aromatic carbocycles. The van der Waals surface area contributed by atoms with Gasteiger partial charge < -0.3 is 20.1 Å². The molecule has 1 aliphatic rings. The summed E-state index contributed by atoms with van der Waals surface area (Å²) in [6, 6.07) is 9.62. The summed E-state index contributed by atoms with van der Waals surface area (Å²) < 4.78 is 21.6. The summed E-state index contributed by atoms with van der Waals surface area (Å²) in [5.41, 5.74) is 1.00. The molecule has 1 heterocycles. The molecule has 2 unspecified atom stereocenters. The van der Waals surface area contributed by atoms with Gasteiger partial charge in [0.25, 0.3) is 0 Å². The lowest BCUT2D eigenvalue weighted by atomic mass is 10.2. The number of benzene rings is 1. The minimum atomic E-state index is -2.78. The lowest BCUT2D eigenvalue weighted by Crippen LogP contribution is -2.49. The summed E-state index contributed by atoms with van der Waals surface area (Å²) in [5, 5.41) is 29.2. The second-order valence-electron chi connectivity index (χ2n) is 8.91. The number of nitrogens with zero attached hydrogens (tertiary/aromatic N) is 4. The van der Waals surface area contributed by atoms with Gasteiger partial charge in [0.05, 0.1) is 32.4 Å². The Bertz CT molecular complexity index is 836. The molecule has 13 nitrogen and oxygen atoms in total. The predicted molar refractivity (Wildman–Crippen MR) is 134 cm³/mol. The third-order valence-corrected chi connectivity index (χ3v) is 6.23. The van der Waals surface area contributed by atoms with Crippen molar-refractivity contribution in [3.63, 3.8) is 0 Å². The average Bonchev–Trinajstić information content (AvgIpc) is 2.83. The molecule has 0 bridgehead atoms. The molecule has 2 atom stereocenters. The fourth-order valence-corrected chi connectivity index (χ4v) is 4.22. The van der Waals surface area contributed by atoms with Gasteiger partial charge in [0.1, 0.15) is 0 Å². The van der Waals surface area contributed by atoms with Gasteiger partial charge in [0, 0.05) is 63.5 Å². The summed E-state index contributed by atoms with van der Waals surface area (Å²) in [4.78, 5) is 39.0. The Labute approximate surface area is 217 Å². The van der Waals surface area contributed by atoms with Crippen molar-refractivity contribution in [3.8, 4) is 0 Å². The highest BCUT2D eigenvalue weighted by atomic mass is 31.1. The zero-order chi connectivity index (χ0) is 27.0. The van der Waals surface area contributed by atoms with Crippen molar-refractivity contribution in [3.05, 3.63) is 35.9 Å². The van der Waals surface area contributed by atoms with Crippen LogP contribution in [0, 0.1) is 0 Å². The molecule has 0 amide bonds. The van der Waals surface area contributed by atoms with Gasteiger partial charge in [-0.25, -0.2) is 0 Å². The first-order valence-corrected chi connectivity index (χ1v) is 13.3. The van der Waals surface area contributed by atoms with Gasteiger partial charge in [-0.15, -0.1) is 9.42 Å².